The summed E-state index contributed by atoms with van der Waals surface area (Å²) in [6.45, 7) is 6.81. The van der Waals surface area contributed by atoms with E-state index in [9.17, 15) is 8.42 Å². The van der Waals surface area contributed by atoms with Crippen LogP contribution in [0.2, 0.25) is 5.02 Å². The molecule has 8 nitrogen and oxygen atoms in total. The molecular weight excluding hydrogens is 414 g/mol. The van der Waals surface area contributed by atoms with Crippen molar-refractivity contribution in [1.82, 2.24) is 14.3 Å². The third kappa shape index (κ3) is 4.48. The van der Waals surface area contributed by atoms with Crippen LogP contribution in [0.3, 0.4) is 0 Å². The van der Waals surface area contributed by atoms with Crippen LogP contribution in [0.25, 0.3) is 0 Å². The molecule has 3 heterocycles. The van der Waals surface area contributed by atoms with Crippen molar-refractivity contribution in [3.8, 4) is 0 Å². The summed E-state index contributed by atoms with van der Waals surface area (Å²) in [5.41, 5.74) is 0.896. The Labute approximate surface area is 176 Å². The van der Waals surface area contributed by atoms with Crippen molar-refractivity contribution < 1.29 is 13.2 Å². The van der Waals surface area contributed by atoms with Gasteiger partial charge >= 0.3 is 0 Å². The minimum absolute atomic E-state index is 0.267. The van der Waals surface area contributed by atoms with Crippen molar-refractivity contribution >= 4 is 33.4 Å². The molecule has 0 spiro atoms. The third-order valence-corrected chi connectivity index (χ3v) is 7.30. The van der Waals surface area contributed by atoms with Gasteiger partial charge in [-0.15, -0.1) is 0 Å². The highest BCUT2D eigenvalue weighted by Gasteiger charge is 2.29. The first-order valence-electron chi connectivity index (χ1n) is 9.62. The molecule has 0 amide bonds. The molecular formula is C19H24ClN5O3S. The summed E-state index contributed by atoms with van der Waals surface area (Å²) in [6.07, 6.45) is 0. The molecule has 0 radical (unpaired) electrons. The summed E-state index contributed by atoms with van der Waals surface area (Å²) < 4.78 is 32.7. The molecule has 2 aromatic rings. The second kappa shape index (κ2) is 8.43. The van der Waals surface area contributed by atoms with E-state index in [1.165, 1.54) is 4.31 Å². The summed E-state index contributed by atoms with van der Waals surface area (Å²) >= 11 is 5.88. The van der Waals surface area contributed by atoms with Gasteiger partial charge in [-0.25, -0.2) is 13.4 Å². The number of anilines is 2. The van der Waals surface area contributed by atoms with Gasteiger partial charge in [-0.1, -0.05) is 11.6 Å². The maximum atomic E-state index is 12.9. The van der Waals surface area contributed by atoms with E-state index in [0.717, 1.165) is 24.6 Å². The molecule has 0 saturated carbocycles. The molecule has 2 aliphatic rings. The zero-order valence-electron chi connectivity index (χ0n) is 16.3. The minimum atomic E-state index is -3.52. The Morgan fingerprint density at radius 1 is 0.931 bits per heavy atom. The van der Waals surface area contributed by atoms with Crippen molar-refractivity contribution in [3.05, 3.63) is 41.0 Å². The van der Waals surface area contributed by atoms with Crippen molar-refractivity contribution in [2.75, 3.05) is 62.3 Å². The average molecular weight is 438 g/mol. The maximum Gasteiger partial charge on any atom is 0.243 e. The van der Waals surface area contributed by atoms with Crippen LogP contribution in [0.4, 0.5) is 11.8 Å². The first-order chi connectivity index (χ1) is 13.9. The second-order valence-electron chi connectivity index (χ2n) is 7.11. The van der Waals surface area contributed by atoms with Crippen LogP contribution in [0, 0.1) is 6.92 Å². The van der Waals surface area contributed by atoms with Crippen LogP contribution in [-0.2, 0) is 14.8 Å². The Balaban J connectivity index is 1.47. The highest BCUT2D eigenvalue weighted by Crippen LogP contribution is 2.23. The number of ether oxygens (including phenoxy) is 1. The Hall–Kier alpha value is -1.94. The standard InChI is InChI=1S/C19H24ClN5O3S/c1-15-14-18(22-19(21-15)24-10-12-28-13-11-24)23-6-8-25(9-7-23)29(26,27)17-4-2-16(20)3-5-17/h2-5,14H,6-13H2,1H3. The van der Waals surface area contributed by atoms with Crippen molar-refractivity contribution in [2.45, 2.75) is 11.8 Å². The fourth-order valence-electron chi connectivity index (χ4n) is 3.52. The van der Waals surface area contributed by atoms with E-state index in [1.54, 1.807) is 24.3 Å². The molecule has 0 aliphatic carbocycles. The number of piperazine rings is 1. The van der Waals surface area contributed by atoms with Gasteiger partial charge in [0.05, 0.1) is 18.1 Å². The lowest BCUT2D eigenvalue weighted by molar-refractivity contribution is 0.122. The van der Waals surface area contributed by atoms with Crippen LogP contribution < -0.4 is 9.80 Å². The van der Waals surface area contributed by atoms with Gasteiger partial charge in [0.25, 0.3) is 0 Å². The van der Waals surface area contributed by atoms with E-state index in [4.69, 9.17) is 21.3 Å². The number of halogens is 1. The summed E-state index contributed by atoms with van der Waals surface area (Å²) in [5, 5.41) is 0.518. The first kappa shape index (κ1) is 20.3. The van der Waals surface area contributed by atoms with Crippen LogP contribution >= 0.6 is 11.6 Å². The number of aromatic nitrogens is 2. The molecule has 0 unspecified atom stereocenters. The number of rotatable bonds is 4. The van der Waals surface area contributed by atoms with E-state index < -0.39 is 10.0 Å². The number of hydrogen-bond donors (Lipinski definition) is 0. The summed E-state index contributed by atoms with van der Waals surface area (Å²) in [7, 11) is -3.52. The van der Waals surface area contributed by atoms with Crippen molar-refractivity contribution in [3.63, 3.8) is 0 Å². The topological polar surface area (TPSA) is 78.9 Å². The fraction of sp³-hybridized carbons (Fsp3) is 0.474. The number of nitrogens with zero attached hydrogens (tertiary/aromatic N) is 5. The van der Waals surface area contributed by atoms with Crippen LogP contribution in [0.5, 0.6) is 0 Å². The predicted octanol–water partition coefficient (Wildman–Crippen LogP) is 1.79. The molecule has 2 saturated heterocycles. The van der Waals surface area contributed by atoms with Gasteiger partial charge in [0.1, 0.15) is 5.82 Å². The first-order valence-corrected chi connectivity index (χ1v) is 11.4. The molecule has 0 N–H and O–H groups in total. The molecule has 1 aromatic heterocycles. The normalized spacial score (nSPS) is 18.8. The quantitative estimate of drug-likeness (QED) is 0.721. The van der Waals surface area contributed by atoms with Gasteiger partial charge in [0.2, 0.25) is 16.0 Å². The minimum Gasteiger partial charge on any atom is -0.378 e. The molecule has 29 heavy (non-hydrogen) atoms. The Morgan fingerprint density at radius 2 is 1.59 bits per heavy atom. The molecule has 0 bridgehead atoms. The molecule has 0 atom stereocenters. The monoisotopic (exact) mass is 437 g/mol. The third-order valence-electron chi connectivity index (χ3n) is 5.14. The van der Waals surface area contributed by atoms with Crippen molar-refractivity contribution in [2.24, 2.45) is 0 Å². The number of benzene rings is 1. The van der Waals surface area contributed by atoms with Crippen LogP contribution in [0.1, 0.15) is 5.69 Å². The lowest BCUT2D eigenvalue weighted by Gasteiger charge is -2.35. The summed E-state index contributed by atoms with van der Waals surface area (Å²) in [4.78, 5) is 13.8. The highest BCUT2D eigenvalue weighted by atomic mass is 35.5. The van der Waals surface area contributed by atoms with Gasteiger partial charge in [0.15, 0.2) is 0 Å². The SMILES string of the molecule is Cc1cc(N2CCN(S(=O)(=O)c3ccc(Cl)cc3)CC2)nc(N2CCOCC2)n1. The van der Waals surface area contributed by atoms with Crippen molar-refractivity contribution in [1.29, 1.82) is 0 Å². The summed E-state index contributed by atoms with van der Waals surface area (Å²) in [6, 6.07) is 8.25. The maximum absolute atomic E-state index is 12.9. The Bertz CT molecular complexity index is 956. The number of sulfonamides is 1. The largest absolute Gasteiger partial charge is 0.378 e. The van der Waals surface area contributed by atoms with E-state index in [2.05, 4.69) is 14.8 Å². The van der Waals surface area contributed by atoms with Crippen LogP contribution in [-0.4, -0.2) is 75.2 Å². The van der Waals surface area contributed by atoms with Gasteiger partial charge in [0, 0.05) is 56.1 Å². The fourth-order valence-corrected chi connectivity index (χ4v) is 5.06. The van der Waals surface area contributed by atoms with Gasteiger partial charge < -0.3 is 14.5 Å². The van der Waals surface area contributed by atoms with Gasteiger partial charge in [-0.2, -0.15) is 9.29 Å². The molecule has 10 heteroatoms. The average Bonchev–Trinajstić information content (AvgIpc) is 2.74. The molecule has 2 aliphatic heterocycles. The second-order valence-corrected chi connectivity index (χ2v) is 9.49. The number of hydrogen-bond acceptors (Lipinski definition) is 7. The molecule has 156 valence electrons. The van der Waals surface area contributed by atoms with Gasteiger partial charge in [-0.05, 0) is 31.2 Å². The molecule has 2 fully saturated rings. The van der Waals surface area contributed by atoms with Gasteiger partial charge in [-0.3, -0.25) is 0 Å². The Kier molecular flexibility index (Phi) is 5.91. The summed E-state index contributed by atoms with van der Waals surface area (Å²) in [5.74, 6) is 1.54. The number of morpholine rings is 1. The lowest BCUT2D eigenvalue weighted by Crippen LogP contribution is -2.49. The Morgan fingerprint density at radius 3 is 2.24 bits per heavy atom. The highest BCUT2D eigenvalue weighted by molar-refractivity contribution is 7.89. The van der Waals surface area contributed by atoms with E-state index in [0.29, 0.717) is 50.4 Å². The zero-order valence-corrected chi connectivity index (χ0v) is 17.9. The zero-order chi connectivity index (χ0) is 20.4. The molecule has 4 rings (SSSR count). The van der Waals surface area contributed by atoms with E-state index in [1.807, 2.05) is 13.0 Å². The number of aryl methyl sites for hydroxylation is 1. The smallest absolute Gasteiger partial charge is 0.243 e. The predicted molar refractivity (Wildman–Crippen MR) is 112 cm³/mol. The van der Waals surface area contributed by atoms with E-state index in [-0.39, 0.29) is 4.90 Å². The van der Waals surface area contributed by atoms with E-state index >= 15 is 0 Å². The lowest BCUT2D eigenvalue weighted by atomic mass is 10.3. The van der Waals surface area contributed by atoms with Crippen LogP contribution in [0.15, 0.2) is 35.2 Å². The molecule has 1 aromatic carbocycles.